The smallest absolute Gasteiger partial charge is 0.407 e. The molecule has 3 saturated heterocycles. The zero-order valence-corrected chi connectivity index (χ0v) is 47.1. The number of hydrogen-bond donors (Lipinski definition) is 1. The normalized spacial score (nSPS) is 25.5. The van der Waals surface area contributed by atoms with Gasteiger partial charge in [-0.25, -0.2) is 4.79 Å². The molecule has 1 N–H and O–H groups in total. The van der Waals surface area contributed by atoms with Crippen molar-refractivity contribution in [2.45, 2.75) is 157 Å². The van der Waals surface area contributed by atoms with Crippen molar-refractivity contribution in [3.8, 4) is 0 Å². The summed E-state index contributed by atoms with van der Waals surface area (Å²) in [6.45, 7) is 9.18. The molecule has 3 aliphatic heterocycles. The summed E-state index contributed by atoms with van der Waals surface area (Å²) >= 11 is 18.0. The number of carbonyl (C=O) groups is 5. The number of carbonyl (C=O) groups excluding carboxylic acids is 5. The average molecular weight is 1150 g/mol. The molecular formula is C53H67Cl3N4O16Si. The van der Waals surface area contributed by atoms with E-state index in [9.17, 15) is 24.0 Å². The van der Waals surface area contributed by atoms with Gasteiger partial charge < -0.3 is 61.9 Å². The van der Waals surface area contributed by atoms with Crippen molar-refractivity contribution in [1.29, 1.82) is 0 Å². The first-order valence-electron chi connectivity index (χ1n) is 25.4. The molecule has 0 aliphatic carbocycles. The summed E-state index contributed by atoms with van der Waals surface area (Å²) in [7, 11) is -3.41. The highest BCUT2D eigenvalue weighted by atomic mass is 35.6. The zero-order valence-electron chi connectivity index (χ0n) is 43.8. The number of azide groups is 1. The Labute approximate surface area is 463 Å². The Morgan fingerprint density at radius 3 is 1.94 bits per heavy atom. The molecule has 420 valence electrons. The third kappa shape index (κ3) is 17.3. The van der Waals surface area contributed by atoms with Crippen LogP contribution in [0, 0.1) is 0 Å². The SMILES string of the molecule is CC(=O)CCC(=O)O[C@H]1[C@@H](OC(C)=O)[C@@H](CO[Si](c2ccccc2)(c2ccccc2)C(C)(C)C)O[C@@H](O[C@@H]2[C@@H](NC(=O)OCC(Cl)(Cl)Cl)[C@H](OCCCCCCN=[N+]=[N-])O[C@@H]3CO[C@@H](c4ccccc4)O[C@@H]23)[C@@H]1OC(C)=O. The lowest BCUT2D eigenvalue weighted by Gasteiger charge is -2.51. The molecular weight excluding hydrogens is 1080 g/mol. The molecule has 24 heteroatoms. The molecule has 3 aromatic rings. The van der Waals surface area contributed by atoms with E-state index >= 15 is 0 Å². The van der Waals surface area contributed by atoms with Crippen molar-refractivity contribution in [3.05, 3.63) is 107 Å². The number of alkyl halides is 3. The van der Waals surface area contributed by atoms with Crippen LogP contribution in [0.4, 0.5) is 4.79 Å². The van der Waals surface area contributed by atoms with Crippen molar-refractivity contribution < 1.29 is 75.8 Å². The molecule has 20 nitrogen and oxygen atoms in total. The predicted molar refractivity (Wildman–Crippen MR) is 284 cm³/mol. The van der Waals surface area contributed by atoms with E-state index in [0.29, 0.717) is 31.4 Å². The maximum Gasteiger partial charge on any atom is 0.407 e. The second-order valence-electron chi connectivity index (χ2n) is 19.7. The number of ketones is 1. The molecule has 3 aliphatic rings. The van der Waals surface area contributed by atoms with Gasteiger partial charge in [0.2, 0.25) is 3.79 Å². The molecule has 0 unspecified atom stereocenters. The van der Waals surface area contributed by atoms with E-state index in [-0.39, 0.29) is 38.4 Å². The Balaban J connectivity index is 1.48. The molecule has 0 aromatic heterocycles. The number of alkyl carbamates (subject to hydrolysis) is 1. The first-order valence-corrected chi connectivity index (χ1v) is 28.4. The number of halogens is 3. The summed E-state index contributed by atoms with van der Waals surface area (Å²) in [5.74, 6) is -2.86. The molecule has 11 atom stereocenters. The quantitative estimate of drug-likeness (QED) is 0.0130. The molecule has 3 fully saturated rings. The van der Waals surface area contributed by atoms with Gasteiger partial charge in [-0.05, 0) is 40.7 Å². The number of unbranched alkanes of at least 4 members (excludes halogenated alkanes) is 3. The van der Waals surface area contributed by atoms with Gasteiger partial charge in [-0.15, -0.1) is 0 Å². The van der Waals surface area contributed by atoms with Crippen LogP contribution in [0.5, 0.6) is 0 Å². The minimum absolute atomic E-state index is 0.0768. The fourth-order valence-corrected chi connectivity index (χ4v) is 14.3. The highest BCUT2D eigenvalue weighted by molar-refractivity contribution is 6.99. The van der Waals surface area contributed by atoms with Gasteiger partial charge in [0.05, 0.1) is 19.6 Å². The number of Topliss-reactive ketones (excluding diaryl/α,β-unsaturated/α-hetero) is 1. The highest BCUT2D eigenvalue weighted by Crippen LogP contribution is 2.41. The van der Waals surface area contributed by atoms with Crippen LogP contribution >= 0.6 is 34.8 Å². The Hall–Kier alpha value is -4.87. The summed E-state index contributed by atoms with van der Waals surface area (Å²) in [4.78, 5) is 69.3. The average Bonchev–Trinajstić information content (AvgIpc) is 3.41. The van der Waals surface area contributed by atoms with Crippen LogP contribution in [0.25, 0.3) is 10.4 Å². The predicted octanol–water partition coefficient (Wildman–Crippen LogP) is 8.01. The fourth-order valence-electron chi connectivity index (χ4n) is 9.54. The van der Waals surface area contributed by atoms with Crippen LogP contribution in [-0.4, -0.2) is 136 Å². The van der Waals surface area contributed by atoms with E-state index in [4.69, 9.17) is 92.1 Å². The third-order valence-corrected chi connectivity index (χ3v) is 18.2. The summed E-state index contributed by atoms with van der Waals surface area (Å²) in [6, 6.07) is 27.1. The molecule has 0 radical (unpaired) electrons. The van der Waals surface area contributed by atoms with Crippen molar-refractivity contribution in [1.82, 2.24) is 5.32 Å². The number of esters is 3. The Morgan fingerprint density at radius 1 is 0.740 bits per heavy atom. The Morgan fingerprint density at radius 2 is 1.35 bits per heavy atom. The first kappa shape index (κ1) is 61.3. The molecule has 3 heterocycles. The zero-order chi connectivity index (χ0) is 55.8. The maximum absolute atomic E-state index is 13.9. The number of ether oxygens (including phenoxy) is 10. The molecule has 3 aromatic carbocycles. The monoisotopic (exact) mass is 1150 g/mol. The highest BCUT2D eigenvalue weighted by Gasteiger charge is 2.59. The van der Waals surface area contributed by atoms with Gasteiger partial charge in [0, 0.05) is 43.9 Å². The molecule has 0 saturated carbocycles. The minimum Gasteiger partial charge on any atom is -0.456 e. The molecule has 0 bridgehead atoms. The molecule has 1 amide bonds. The number of nitrogens with one attached hydrogen (secondary N) is 1. The second-order valence-corrected chi connectivity index (χ2v) is 26.6. The largest absolute Gasteiger partial charge is 0.456 e. The van der Waals surface area contributed by atoms with E-state index in [1.54, 1.807) is 24.3 Å². The standard InChI is InChI=1S/C53H67Cl3N4O16Si/c1-33(61)26-27-41(64)74-46-44(70-34(2)62)40(31-69-77(52(4,5)6,37-22-14-10-15-23-37)38-24-16-11-17-25-38)73-50(47(46)71-35(3)63)76-45-42(59-51(65)68-32-53(54,55)56)49(66-29-19-8-7-18-28-58-60-57)72-39-30-67-48(75-43(39)45)36-20-12-9-13-21-36/h9-17,20-25,39-40,42-50H,7-8,18-19,26-32H2,1-6H3,(H,59,65)/t39-,40-,42-,43-,44+,45-,46+,47-,48-,49-,50+/m1/s1. The lowest BCUT2D eigenvalue weighted by Crippen LogP contribution is -2.71. The van der Waals surface area contributed by atoms with Crippen LogP contribution in [0.3, 0.4) is 0 Å². The third-order valence-electron chi connectivity index (χ3n) is 12.9. The van der Waals surface area contributed by atoms with Gasteiger partial charge in [0.1, 0.15) is 42.8 Å². The van der Waals surface area contributed by atoms with E-state index in [1.165, 1.54) is 6.92 Å². The lowest BCUT2D eigenvalue weighted by atomic mass is 9.94. The number of rotatable bonds is 24. The Kier molecular flexibility index (Phi) is 23.0. The van der Waals surface area contributed by atoms with Gasteiger partial charge in [-0.1, -0.05) is 165 Å². The summed E-state index contributed by atoms with van der Waals surface area (Å²) < 4.78 is 68.7. The minimum atomic E-state index is -3.41. The van der Waals surface area contributed by atoms with Crippen LogP contribution in [-0.2, 0) is 71.0 Å². The fraction of sp³-hybridized carbons (Fsp3) is 0.566. The van der Waals surface area contributed by atoms with Crippen molar-refractivity contribution in [2.75, 3.05) is 33.0 Å². The summed E-state index contributed by atoms with van der Waals surface area (Å²) in [5.41, 5.74) is 9.33. The van der Waals surface area contributed by atoms with E-state index < -0.39 is 115 Å². The van der Waals surface area contributed by atoms with Gasteiger partial charge in [0.15, 0.2) is 37.2 Å². The van der Waals surface area contributed by atoms with Gasteiger partial charge in [-0.3, -0.25) is 14.4 Å². The number of fused-ring (bicyclic) bond motifs is 1. The van der Waals surface area contributed by atoms with E-state index in [2.05, 4.69) is 36.1 Å². The molecule has 0 spiro atoms. The van der Waals surface area contributed by atoms with Crippen molar-refractivity contribution in [3.63, 3.8) is 0 Å². The van der Waals surface area contributed by atoms with E-state index in [1.807, 2.05) is 66.7 Å². The van der Waals surface area contributed by atoms with Crippen LogP contribution < -0.4 is 15.7 Å². The van der Waals surface area contributed by atoms with Crippen LogP contribution in [0.1, 0.15) is 91.9 Å². The number of nitrogens with zero attached hydrogens (tertiary/aromatic N) is 3. The van der Waals surface area contributed by atoms with Gasteiger partial charge >= 0.3 is 24.0 Å². The summed E-state index contributed by atoms with van der Waals surface area (Å²) in [6.07, 6.45) is -12.9. The molecule has 77 heavy (non-hydrogen) atoms. The molecule has 6 rings (SSSR count). The summed E-state index contributed by atoms with van der Waals surface area (Å²) in [5, 5.41) is 7.61. The van der Waals surface area contributed by atoms with Gasteiger partial charge in [-0.2, -0.15) is 0 Å². The number of amides is 1. The van der Waals surface area contributed by atoms with Crippen molar-refractivity contribution in [2.24, 2.45) is 5.11 Å². The van der Waals surface area contributed by atoms with E-state index in [0.717, 1.165) is 30.6 Å². The van der Waals surface area contributed by atoms with Crippen LogP contribution in [0.15, 0.2) is 96.1 Å². The Bertz CT molecular complexity index is 2410. The first-order chi connectivity index (χ1) is 36.7. The van der Waals surface area contributed by atoms with Gasteiger partial charge in [0.25, 0.3) is 8.32 Å². The lowest BCUT2D eigenvalue weighted by molar-refractivity contribution is -0.378. The number of hydrogen-bond acceptors (Lipinski definition) is 17. The number of benzene rings is 3. The van der Waals surface area contributed by atoms with Crippen molar-refractivity contribution >= 4 is 83.3 Å². The second kappa shape index (κ2) is 28.8. The maximum atomic E-state index is 13.9. The van der Waals surface area contributed by atoms with Crippen LogP contribution in [0.2, 0.25) is 5.04 Å². The topological polar surface area (TPSA) is 248 Å².